The molecule has 0 heterocycles. The first-order chi connectivity index (χ1) is 8.81. The second kappa shape index (κ2) is 6.58. The number of carbonyl (C=O) groups is 1. The fourth-order valence-corrected chi connectivity index (χ4v) is 1.76. The van der Waals surface area contributed by atoms with Crippen LogP contribution < -0.4 is 5.73 Å². The number of thiocarbonyl (C=S) groups is 1. The Kier molecular flexibility index (Phi) is 5.38. The number of carbonyl (C=O) groups excluding carboxylic acids is 1. The predicted molar refractivity (Wildman–Crippen MR) is 77.3 cm³/mol. The summed E-state index contributed by atoms with van der Waals surface area (Å²) in [4.78, 5) is 15.0. The van der Waals surface area contributed by atoms with E-state index >= 15 is 0 Å². The fraction of sp³-hybridized carbons (Fsp3) is 0.385. The molecule has 1 rings (SSSR count). The van der Waals surface area contributed by atoms with E-state index < -0.39 is 5.82 Å². The predicted octanol–water partition coefficient (Wildman–Crippen LogP) is 0.980. The average Bonchev–Trinajstić information content (AvgIpc) is 2.30. The maximum atomic E-state index is 13.4. The van der Waals surface area contributed by atoms with Gasteiger partial charge in [0.25, 0.3) is 0 Å². The van der Waals surface area contributed by atoms with Gasteiger partial charge in [0, 0.05) is 26.2 Å². The van der Waals surface area contributed by atoms with Crippen molar-refractivity contribution >= 4 is 23.1 Å². The molecule has 0 unspecified atom stereocenters. The highest BCUT2D eigenvalue weighted by molar-refractivity contribution is 7.80. The topological polar surface area (TPSA) is 49.6 Å². The zero-order valence-electron chi connectivity index (χ0n) is 11.3. The summed E-state index contributed by atoms with van der Waals surface area (Å²) in [6.07, 6.45) is 0. The second-order valence-electron chi connectivity index (χ2n) is 4.64. The highest BCUT2D eigenvalue weighted by Crippen LogP contribution is 2.12. The normalized spacial score (nSPS) is 10.6. The smallest absolute Gasteiger partial charge is 0.236 e. The van der Waals surface area contributed by atoms with E-state index in [1.807, 2.05) is 11.9 Å². The van der Waals surface area contributed by atoms with Gasteiger partial charge in [-0.1, -0.05) is 18.3 Å². The molecular formula is C13H18FN3OS. The van der Waals surface area contributed by atoms with E-state index in [1.54, 1.807) is 26.2 Å². The minimum Gasteiger partial charge on any atom is -0.389 e. The maximum Gasteiger partial charge on any atom is 0.236 e. The third-order valence-electron chi connectivity index (χ3n) is 2.65. The summed E-state index contributed by atoms with van der Waals surface area (Å²) in [5.41, 5.74) is 6.55. The van der Waals surface area contributed by atoms with Gasteiger partial charge in [0.15, 0.2) is 0 Å². The Morgan fingerprint density at radius 3 is 2.53 bits per heavy atom. The van der Waals surface area contributed by atoms with Crippen LogP contribution in [0.25, 0.3) is 0 Å². The van der Waals surface area contributed by atoms with E-state index in [1.165, 1.54) is 11.0 Å². The van der Waals surface area contributed by atoms with E-state index in [4.69, 9.17) is 18.0 Å². The summed E-state index contributed by atoms with van der Waals surface area (Å²) < 4.78 is 13.4. The monoisotopic (exact) mass is 283 g/mol. The summed E-state index contributed by atoms with van der Waals surface area (Å²) in [5.74, 6) is -0.414. The minimum absolute atomic E-state index is 0.0131. The summed E-state index contributed by atoms with van der Waals surface area (Å²) in [6.45, 7) is 0.822. The molecule has 19 heavy (non-hydrogen) atoms. The summed E-state index contributed by atoms with van der Waals surface area (Å²) in [7, 11) is 5.24. The Morgan fingerprint density at radius 2 is 2.00 bits per heavy atom. The Bertz CT molecular complexity index is 491. The molecule has 0 aliphatic carbocycles. The van der Waals surface area contributed by atoms with E-state index in [0.717, 1.165) is 5.56 Å². The highest BCUT2D eigenvalue weighted by atomic mass is 32.1. The lowest BCUT2D eigenvalue weighted by molar-refractivity contribution is -0.129. The van der Waals surface area contributed by atoms with Gasteiger partial charge < -0.3 is 10.6 Å². The number of rotatable bonds is 5. The Hall–Kier alpha value is -1.53. The molecule has 0 saturated heterocycles. The molecule has 0 aliphatic rings. The van der Waals surface area contributed by atoms with E-state index in [2.05, 4.69) is 0 Å². The largest absolute Gasteiger partial charge is 0.389 e. The van der Waals surface area contributed by atoms with E-state index in [0.29, 0.717) is 13.1 Å². The van der Waals surface area contributed by atoms with Crippen LogP contribution in [-0.2, 0) is 11.3 Å². The molecule has 0 aliphatic heterocycles. The van der Waals surface area contributed by atoms with Crippen molar-refractivity contribution in [2.24, 2.45) is 5.73 Å². The number of hydrogen-bond donors (Lipinski definition) is 1. The van der Waals surface area contributed by atoms with Gasteiger partial charge in [-0.3, -0.25) is 9.69 Å². The van der Waals surface area contributed by atoms with Crippen molar-refractivity contribution in [3.63, 3.8) is 0 Å². The molecule has 2 N–H and O–H groups in total. The van der Waals surface area contributed by atoms with Crippen LogP contribution in [0.15, 0.2) is 18.2 Å². The molecule has 6 heteroatoms. The van der Waals surface area contributed by atoms with E-state index in [9.17, 15) is 9.18 Å². The molecule has 0 atom stereocenters. The molecule has 0 radical (unpaired) electrons. The molecule has 0 saturated carbocycles. The lowest BCUT2D eigenvalue weighted by atomic mass is 10.1. The summed E-state index contributed by atoms with van der Waals surface area (Å²) in [5, 5.41) is 0. The molecule has 1 aromatic rings. The van der Waals surface area contributed by atoms with Gasteiger partial charge in [-0.15, -0.1) is 0 Å². The van der Waals surface area contributed by atoms with E-state index in [-0.39, 0.29) is 16.5 Å². The number of amides is 1. The zero-order valence-corrected chi connectivity index (χ0v) is 12.1. The molecule has 4 nitrogen and oxygen atoms in total. The fourth-order valence-electron chi connectivity index (χ4n) is 1.60. The van der Waals surface area contributed by atoms with Crippen LogP contribution in [0.5, 0.6) is 0 Å². The first-order valence-electron chi connectivity index (χ1n) is 5.78. The van der Waals surface area contributed by atoms with Crippen molar-refractivity contribution in [1.29, 1.82) is 0 Å². The number of benzene rings is 1. The molecular weight excluding hydrogens is 265 g/mol. The average molecular weight is 283 g/mol. The van der Waals surface area contributed by atoms with Crippen molar-refractivity contribution in [3.05, 3.63) is 35.1 Å². The van der Waals surface area contributed by atoms with Gasteiger partial charge in [-0.25, -0.2) is 4.39 Å². The van der Waals surface area contributed by atoms with Gasteiger partial charge in [-0.05, 0) is 24.7 Å². The SMILES string of the molecule is CN(CC(=O)N(C)C)Cc1ccc(F)c(C(N)=S)c1. The lowest BCUT2D eigenvalue weighted by Gasteiger charge is -2.19. The zero-order chi connectivity index (χ0) is 14.6. The van der Waals surface area contributed by atoms with Gasteiger partial charge in [0.1, 0.15) is 10.8 Å². The Labute approximate surface area is 118 Å². The third-order valence-corrected chi connectivity index (χ3v) is 2.87. The van der Waals surface area contributed by atoms with Crippen LogP contribution in [0.2, 0.25) is 0 Å². The van der Waals surface area contributed by atoms with Crippen LogP contribution in [0, 0.1) is 5.82 Å². The lowest BCUT2D eigenvalue weighted by Crippen LogP contribution is -2.34. The Morgan fingerprint density at radius 1 is 1.37 bits per heavy atom. The number of halogens is 1. The first-order valence-corrected chi connectivity index (χ1v) is 6.19. The molecule has 104 valence electrons. The quantitative estimate of drug-likeness (QED) is 0.819. The standard InChI is InChI=1S/C13H18FN3OS/c1-16(2)12(18)8-17(3)7-9-4-5-11(14)10(6-9)13(15)19/h4-6H,7-8H2,1-3H3,(H2,15,19). The molecule has 1 aromatic carbocycles. The summed E-state index contributed by atoms with van der Waals surface area (Å²) >= 11 is 4.79. The number of hydrogen-bond acceptors (Lipinski definition) is 3. The molecule has 0 spiro atoms. The maximum absolute atomic E-state index is 13.4. The van der Waals surface area contributed by atoms with Crippen molar-refractivity contribution in [1.82, 2.24) is 9.80 Å². The van der Waals surface area contributed by atoms with Crippen molar-refractivity contribution in [3.8, 4) is 0 Å². The van der Waals surface area contributed by atoms with Crippen LogP contribution in [0.1, 0.15) is 11.1 Å². The molecule has 0 aromatic heterocycles. The molecule has 0 bridgehead atoms. The van der Waals surface area contributed by atoms with Crippen molar-refractivity contribution in [2.75, 3.05) is 27.7 Å². The van der Waals surface area contributed by atoms with Gasteiger partial charge in [0.05, 0.1) is 6.54 Å². The highest BCUT2D eigenvalue weighted by Gasteiger charge is 2.11. The molecule has 0 fully saturated rings. The number of nitrogens with zero attached hydrogens (tertiary/aromatic N) is 2. The van der Waals surface area contributed by atoms with Crippen molar-refractivity contribution in [2.45, 2.75) is 6.54 Å². The van der Waals surface area contributed by atoms with Crippen molar-refractivity contribution < 1.29 is 9.18 Å². The van der Waals surface area contributed by atoms with Crippen LogP contribution in [0.3, 0.4) is 0 Å². The Balaban J connectivity index is 2.75. The van der Waals surface area contributed by atoms with Gasteiger partial charge in [0.2, 0.25) is 5.91 Å². The first kappa shape index (κ1) is 15.5. The number of likely N-dealkylation sites (N-methyl/N-ethyl adjacent to an activating group) is 2. The second-order valence-corrected chi connectivity index (χ2v) is 5.08. The van der Waals surface area contributed by atoms with Gasteiger partial charge >= 0.3 is 0 Å². The molecule has 1 amide bonds. The van der Waals surface area contributed by atoms with Crippen LogP contribution in [0.4, 0.5) is 4.39 Å². The minimum atomic E-state index is -0.428. The third kappa shape index (κ3) is 4.57. The summed E-state index contributed by atoms with van der Waals surface area (Å²) in [6, 6.07) is 4.62. The van der Waals surface area contributed by atoms with Crippen LogP contribution in [-0.4, -0.2) is 48.4 Å². The van der Waals surface area contributed by atoms with Gasteiger partial charge in [-0.2, -0.15) is 0 Å². The van der Waals surface area contributed by atoms with Crippen LogP contribution >= 0.6 is 12.2 Å². The number of nitrogens with two attached hydrogens (primary N) is 1.